The Morgan fingerprint density at radius 3 is 2.42 bits per heavy atom. The predicted molar refractivity (Wildman–Crippen MR) is 153 cm³/mol. The van der Waals surface area contributed by atoms with E-state index in [2.05, 4.69) is 62.6 Å². The number of aryl methyl sites for hydroxylation is 2. The molecule has 6 rings (SSSR count). The molecule has 0 unspecified atom stereocenters. The van der Waals surface area contributed by atoms with Crippen molar-refractivity contribution in [1.29, 1.82) is 0 Å². The minimum Gasteiger partial charge on any atom is -0.359 e. The number of hydrogen-bond acceptors (Lipinski definition) is 7. The number of likely N-dealkylation sites (tertiary alicyclic amines) is 1. The quantitative estimate of drug-likeness (QED) is 0.288. The number of hydrogen-bond donors (Lipinski definition) is 2. The molecular weight excluding hydrogens is 492 g/mol. The average molecular weight is 523 g/mol. The van der Waals surface area contributed by atoms with E-state index < -0.39 is 0 Å². The van der Waals surface area contributed by atoms with E-state index in [0.29, 0.717) is 34.9 Å². The molecule has 8 heteroatoms. The first-order chi connectivity index (χ1) is 18.7. The number of fused-ring (bicyclic) bond motifs is 1. The van der Waals surface area contributed by atoms with Gasteiger partial charge in [0.2, 0.25) is 0 Å². The number of piperidine rings is 1. The number of nitrogens with one attached hydrogen (secondary N) is 2. The zero-order valence-corrected chi connectivity index (χ0v) is 22.0. The number of nitrogens with zero attached hydrogens (tertiary/aromatic N) is 4. The van der Waals surface area contributed by atoms with Crippen LogP contribution in [0.1, 0.15) is 29.8 Å². The molecule has 2 aromatic carbocycles. The van der Waals surface area contributed by atoms with Gasteiger partial charge in [-0.15, -0.1) is 11.3 Å². The molecule has 0 spiro atoms. The van der Waals surface area contributed by atoms with Gasteiger partial charge in [-0.3, -0.25) is 14.7 Å². The summed E-state index contributed by atoms with van der Waals surface area (Å²) in [4.78, 5) is 32.6. The van der Waals surface area contributed by atoms with Crippen LogP contribution in [0.5, 0.6) is 0 Å². The maximum absolute atomic E-state index is 12.8. The van der Waals surface area contributed by atoms with Gasteiger partial charge in [-0.25, -0.2) is 9.97 Å². The summed E-state index contributed by atoms with van der Waals surface area (Å²) in [6.45, 7) is 3.13. The Bertz CT molecular complexity index is 1560. The molecule has 0 amide bonds. The third kappa shape index (κ3) is 5.66. The fourth-order valence-corrected chi connectivity index (χ4v) is 5.80. The van der Waals surface area contributed by atoms with Crippen LogP contribution in [0.25, 0.3) is 22.3 Å². The fraction of sp³-hybridized carbons (Fsp3) is 0.267. The maximum Gasteiger partial charge on any atom is 0.258 e. The molecule has 38 heavy (non-hydrogen) atoms. The number of thiazole rings is 1. The first kappa shape index (κ1) is 24.5. The summed E-state index contributed by atoms with van der Waals surface area (Å²) < 4.78 is 0. The molecular formula is C30H30N6OS. The number of benzene rings is 2. The van der Waals surface area contributed by atoms with E-state index in [0.717, 1.165) is 49.7 Å². The lowest BCUT2D eigenvalue weighted by Gasteiger charge is -2.32. The lowest BCUT2D eigenvalue weighted by molar-refractivity contribution is 0.211. The Kier molecular flexibility index (Phi) is 7.24. The number of anilines is 1. The van der Waals surface area contributed by atoms with Gasteiger partial charge in [0, 0.05) is 43.7 Å². The SMILES string of the molecule is O=c1[nH]c(CCc2ccccc2)nc2c(-c3csc(NC4CCN(Cc5ccccc5)CC4)n3)nccc12. The smallest absolute Gasteiger partial charge is 0.258 e. The first-order valence-electron chi connectivity index (χ1n) is 13.1. The van der Waals surface area contributed by atoms with E-state index in [1.165, 1.54) is 11.1 Å². The van der Waals surface area contributed by atoms with E-state index in [1.54, 1.807) is 23.6 Å². The molecule has 0 saturated carbocycles. The van der Waals surface area contributed by atoms with Gasteiger partial charge in [0.05, 0.1) is 5.39 Å². The molecule has 3 aromatic heterocycles. The van der Waals surface area contributed by atoms with Crippen molar-refractivity contribution < 1.29 is 0 Å². The van der Waals surface area contributed by atoms with Crippen LogP contribution in [0.4, 0.5) is 5.13 Å². The molecule has 1 aliphatic rings. The Morgan fingerprint density at radius 2 is 1.66 bits per heavy atom. The molecule has 192 valence electrons. The number of pyridine rings is 1. The third-order valence-electron chi connectivity index (χ3n) is 7.08. The van der Waals surface area contributed by atoms with Crippen LogP contribution in [-0.2, 0) is 19.4 Å². The van der Waals surface area contributed by atoms with E-state index in [1.807, 2.05) is 23.6 Å². The minimum atomic E-state index is -0.141. The summed E-state index contributed by atoms with van der Waals surface area (Å²) in [5.74, 6) is 0.663. The molecule has 0 bridgehead atoms. The largest absolute Gasteiger partial charge is 0.359 e. The first-order valence-corrected chi connectivity index (χ1v) is 14.0. The highest BCUT2D eigenvalue weighted by molar-refractivity contribution is 7.14. The van der Waals surface area contributed by atoms with Crippen molar-refractivity contribution in [2.75, 3.05) is 18.4 Å². The molecule has 0 atom stereocenters. The number of aromatic nitrogens is 4. The van der Waals surface area contributed by atoms with E-state index >= 15 is 0 Å². The lowest BCUT2D eigenvalue weighted by atomic mass is 10.0. The standard InChI is InChI=1S/C30H30N6OS/c37-29-24-13-16-31-28(27(24)34-26(35-29)12-11-21-7-3-1-4-8-21)25-20-38-30(33-25)32-23-14-17-36(18-15-23)19-22-9-5-2-6-10-22/h1-10,13,16,20,23H,11-12,14-15,17-19H2,(H,32,33)(H,34,35,37). The van der Waals surface area contributed by atoms with Crippen molar-refractivity contribution in [1.82, 2.24) is 24.8 Å². The van der Waals surface area contributed by atoms with Crippen LogP contribution in [0.15, 0.2) is 83.1 Å². The van der Waals surface area contributed by atoms with Crippen LogP contribution in [-0.4, -0.2) is 44.0 Å². The van der Waals surface area contributed by atoms with E-state index in [-0.39, 0.29) is 5.56 Å². The molecule has 4 heterocycles. The van der Waals surface area contributed by atoms with Crippen molar-refractivity contribution in [3.8, 4) is 11.4 Å². The fourth-order valence-electron chi connectivity index (χ4n) is 5.03. The topological polar surface area (TPSA) is 86.8 Å². The van der Waals surface area contributed by atoms with Crippen molar-refractivity contribution in [2.24, 2.45) is 0 Å². The molecule has 2 N–H and O–H groups in total. The van der Waals surface area contributed by atoms with Crippen molar-refractivity contribution >= 4 is 27.4 Å². The lowest BCUT2D eigenvalue weighted by Crippen LogP contribution is -2.38. The van der Waals surface area contributed by atoms with Crippen LogP contribution >= 0.6 is 11.3 Å². The van der Waals surface area contributed by atoms with Crippen LogP contribution < -0.4 is 10.9 Å². The summed E-state index contributed by atoms with van der Waals surface area (Å²) >= 11 is 1.58. The van der Waals surface area contributed by atoms with Crippen LogP contribution in [0.3, 0.4) is 0 Å². The second-order valence-electron chi connectivity index (χ2n) is 9.77. The molecule has 7 nitrogen and oxygen atoms in total. The van der Waals surface area contributed by atoms with Gasteiger partial charge in [-0.1, -0.05) is 60.7 Å². The molecule has 0 aliphatic carbocycles. The van der Waals surface area contributed by atoms with Gasteiger partial charge in [0.25, 0.3) is 5.56 Å². The molecule has 1 saturated heterocycles. The highest BCUT2D eigenvalue weighted by Gasteiger charge is 2.21. The summed E-state index contributed by atoms with van der Waals surface area (Å²) in [5.41, 5.74) is 4.43. The Balaban J connectivity index is 1.14. The second-order valence-corrected chi connectivity index (χ2v) is 10.6. The number of H-pyrrole nitrogens is 1. The molecule has 5 aromatic rings. The normalized spacial score (nSPS) is 14.6. The Morgan fingerprint density at radius 1 is 0.921 bits per heavy atom. The van der Waals surface area contributed by atoms with Crippen LogP contribution in [0, 0.1) is 0 Å². The summed E-state index contributed by atoms with van der Waals surface area (Å²) in [6.07, 6.45) is 5.27. The summed E-state index contributed by atoms with van der Waals surface area (Å²) in [6, 6.07) is 23.0. The Hall–Kier alpha value is -3.88. The van der Waals surface area contributed by atoms with Gasteiger partial charge in [-0.05, 0) is 36.5 Å². The number of rotatable bonds is 8. The van der Waals surface area contributed by atoms with E-state index in [9.17, 15) is 4.79 Å². The van der Waals surface area contributed by atoms with Gasteiger partial charge in [0.15, 0.2) is 5.13 Å². The highest BCUT2D eigenvalue weighted by atomic mass is 32.1. The van der Waals surface area contributed by atoms with Gasteiger partial charge in [0.1, 0.15) is 22.7 Å². The highest BCUT2D eigenvalue weighted by Crippen LogP contribution is 2.29. The summed E-state index contributed by atoms with van der Waals surface area (Å²) in [5, 5.41) is 7.05. The van der Waals surface area contributed by atoms with Gasteiger partial charge in [-0.2, -0.15) is 0 Å². The van der Waals surface area contributed by atoms with Crippen molar-refractivity contribution in [3.63, 3.8) is 0 Å². The van der Waals surface area contributed by atoms with Gasteiger partial charge >= 0.3 is 0 Å². The monoisotopic (exact) mass is 522 g/mol. The molecule has 1 aliphatic heterocycles. The average Bonchev–Trinajstić information content (AvgIpc) is 3.42. The zero-order chi connectivity index (χ0) is 25.7. The molecule has 0 radical (unpaired) electrons. The maximum atomic E-state index is 12.8. The Labute approximate surface area is 225 Å². The van der Waals surface area contributed by atoms with Crippen molar-refractivity contribution in [2.45, 2.75) is 38.3 Å². The number of aromatic amines is 1. The van der Waals surface area contributed by atoms with Crippen LogP contribution in [0.2, 0.25) is 0 Å². The van der Waals surface area contributed by atoms with Gasteiger partial charge < -0.3 is 10.3 Å². The summed E-state index contributed by atoms with van der Waals surface area (Å²) in [7, 11) is 0. The third-order valence-corrected chi connectivity index (χ3v) is 7.85. The molecule has 1 fully saturated rings. The minimum absolute atomic E-state index is 0.141. The second kappa shape index (κ2) is 11.2. The predicted octanol–water partition coefficient (Wildman–Crippen LogP) is 5.30. The zero-order valence-electron chi connectivity index (χ0n) is 21.1. The van der Waals surface area contributed by atoms with Crippen molar-refractivity contribution in [3.05, 3.63) is 106 Å². The van der Waals surface area contributed by atoms with E-state index in [4.69, 9.17) is 9.97 Å².